The molecule has 0 bridgehead atoms. The molecule has 4 nitrogen and oxygen atoms in total. The summed E-state index contributed by atoms with van der Waals surface area (Å²) in [6.45, 7) is 4.36. The predicted molar refractivity (Wildman–Crippen MR) is 105 cm³/mol. The minimum absolute atomic E-state index is 0.0919. The van der Waals surface area contributed by atoms with E-state index in [4.69, 9.17) is 5.73 Å². The number of nitrogens with two attached hydrogens (primary N) is 1. The summed E-state index contributed by atoms with van der Waals surface area (Å²) in [7, 11) is 0. The fraction of sp³-hybridized carbons (Fsp3) is 0.333. The van der Waals surface area contributed by atoms with Crippen molar-refractivity contribution in [3.8, 4) is 0 Å². The van der Waals surface area contributed by atoms with Crippen molar-refractivity contribution in [3.05, 3.63) is 66.1 Å². The van der Waals surface area contributed by atoms with Crippen LogP contribution in [0.3, 0.4) is 0 Å². The van der Waals surface area contributed by atoms with Crippen molar-refractivity contribution >= 4 is 16.6 Å². The molecule has 1 aliphatic rings. The second-order valence-electron chi connectivity index (χ2n) is 7.06. The van der Waals surface area contributed by atoms with Gasteiger partial charge in [0, 0.05) is 55.9 Å². The lowest BCUT2D eigenvalue weighted by atomic mass is 10.0. The number of aromatic nitrogens is 1. The SMILES string of the molecule is N[C@@H](Cc1c[nH]c2ccccc12)CN1CCN(c2ccccc2F)CC1. The summed E-state index contributed by atoms with van der Waals surface area (Å²) in [6.07, 6.45) is 2.93. The zero-order valence-corrected chi connectivity index (χ0v) is 14.9. The van der Waals surface area contributed by atoms with Gasteiger partial charge in [0.1, 0.15) is 5.82 Å². The molecule has 136 valence electrons. The van der Waals surface area contributed by atoms with Gasteiger partial charge in [-0.05, 0) is 30.2 Å². The molecule has 1 atom stereocenters. The van der Waals surface area contributed by atoms with Crippen LogP contribution in [0.15, 0.2) is 54.7 Å². The highest BCUT2D eigenvalue weighted by molar-refractivity contribution is 5.83. The number of benzene rings is 2. The van der Waals surface area contributed by atoms with Crippen molar-refractivity contribution < 1.29 is 4.39 Å². The van der Waals surface area contributed by atoms with Crippen LogP contribution in [0.5, 0.6) is 0 Å². The van der Waals surface area contributed by atoms with Crippen LogP contribution in [-0.2, 0) is 6.42 Å². The minimum Gasteiger partial charge on any atom is -0.367 e. The third-order valence-corrected chi connectivity index (χ3v) is 5.22. The summed E-state index contributed by atoms with van der Waals surface area (Å²) in [5, 5.41) is 1.26. The summed E-state index contributed by atoms with van der Waals surface area (Å²) in [4.78, 5) is 7.82. The Labute approximate surface area is 153 Å². The normalized spacial score (nSPS) is 16.9. The van der Waals surface area contributed by atoms with Gasteiger partial charge in [-0.15, -0.1) is 0 Å². The molecule has 2 heterocycles. The first-order valence-corrected chi connectivity index (χ1v) is 9.23. The van der Waals surface area contributed by atoms with Gasteiger partial charge >= 0.3 is 0 Å². The fourth-order valence-corrected chi connectivity index (χ4v) is 3.86. The lowest BCUT2D eigenvalue weighted by Gasteiger charge is -2.37. The summed E-state index contributed by atoms with van der Waals surface area (Å²) in [5.74, 6) is -0.142. The molecule has 3 aromatic rings. The van der Waals surface area contributed by atoms with Crippen LogP contribution < -0.4 is 10.6 Å². The van der Waals surface area contributed by atoms with Crippen molar-refractivity contribution in [2.24, 2.45) is 5.73 Å². The lowest BCUT2D eigenvalue weighted by molar-refractivity contribution is 0.241. The zero-order chi connectivity index (χ0) is 17.9. The Morgan fingerprint density at radius 2 is 1.73 bits per heavy atom. The number of rotatable bonds is 5. The molecule has 1 saturated heterocycles. The highest BCUT2D eigenvalue weighted by Crippen LogP contribution is 2.21. The maximum absolute atomic E-state index is 13.9. The van der Waals surface area contributed by atoms with Gasteiger partial charge in [0.25, 0.3) is 0 Å². The zero-order valence-electron chi connectivity index (χ0n) is 14.9. The molecule has 2 aromatic carbocycles. The van der Waals surface area contributed by atoms with Crippen LogP contribution >= 0.6 is 0 Å². The standard InChI is InChI=1S/C21H25FN4/c22-19-6-2-4-8-21(19)26-11-9-25(10-12-26)15-17(23)13-16-14-24-20-7-3-1-5-18(16)20/h1-8,14,17,24H,9-13,15,23H2/t17-/m0/s1. The van der Waals surface area contributed by atoms with Gasteiger partial charge in [-0.3, -0.25) is 4.90 Å². The molecule has 26 heavy (non-hydrogen) atoms. The van der Waals surface area contributed by atoms with Crippen molar-refractivity contribution in [1.82, 2.24) is 9.88 Å². The molecule has 0 radical (unpaired) electrons. The van der Waals surface area contributed by atoms with Crippen molar-refractivity contribution in [2.75, 3.05) is 37.6 Å². The summed E-state index contributed by atoms with van der Waals surface area (Å²) >= 11 is 0. The maximum atomic E-state index is 13.9. The van der Waals surface area contributed by atoms with Gasteiger partial charge in [-0.1, -0.05) is 30.3 Å². The largest absolute Gasteiger partial charge is 0.367 e. The van der Waals surface area contributed by atoms with Crippen LogP contribution in [0.1, 0.15) is 5.56 Å². The van der Waals surface area contributed by atoms with E-state index >= 15 is 0 Å². The number of halogens is 1. The monoisotopic (exact) mass is 352 g/mol. The van der Waals surface area contributed by atoms with Crippen LogP contribution in [0.25, 0.3) is 10.9 Å². The number of nitrogens with one attached hydrogen (secondary N) is 1. The van der Waals surface area contributed by atoms with E-state index < -0.39 is 0 Å². The Hall–Kier alpha value is -2.37. The number of nitrogens with zero attached hydrogens (tertiary/aromatic N) is 2. The Balaban J connectivity index is 1.32. The second-order valence-corrected chi connectivity index (χ2v) is 7.06. The maximum Gasteiger partial charge on any atom is 0.146 e. The minimum atomic E-state index is -0.142. The number of aromatic amines is 1. The first-order valence-electron chi connectivity index (χ1n) is 9.23. The summed E-state index contributed by atoms with van der Waals surface area (Å²) in [5.41, 5.74) is 9.57. The Bertz CT molecular complexity index is 867. The molecule has 0 saturated carbocycles. The topological polar surface area (TPSA) is 48.3 Å². The molecule has 0 spiro atoms. The summed E-state index contributed by atoms with van der Waals surface area (Å²) < 4.78 is 13.9. The molecule has 0 aliphatic carbocycles. The number of piperazine rings is 1. The molecule has 1 fully saturated rings. The third kappa shape index (κ3) is 3.59. The van der Waals surface area contributed by atoms with E-state index in [-0.39, 0.29) is 11.9 Å². The Morgan fingerprint density at radius 1 is 1.00 bits per heavy atom. The second kappa shape index (κ2) is 7.48. The molecule has 5 heteroatoms. The lowest BCUT2D eigenvalue weighted by Crippen LogP contribution is -2.50. The predicted octanol–water partition coefficient (Wildman–Crippen LogP) is 3.00. The van der Waals surface area contributed by atoms with Gasteiger partial charge in [0.15, 0.2) is 0 Å². The van der Waals surface area contributed by atoms with Gasteiger partial charge < -0.3 is 15.6 Å². The average molecular weight is 352 g/mol. The van der Waals surface area contributed by atoms with Gasteiger partial charge in [0.05, 0.1) is 5.69 Å². The van der Waals surface area contributed by atoms with E-state index in [0.29, 0.717) is 5.69 Å². The fourth-order valence-electron chi connectivity index (χ4n) is 3.86. The number of hydrogen-bond donors (Lipinski definition) is 2. The van der Waals surface area contributed by atoms with Crippen molar-refractivity contribution in [1.29, 1.82) is 0 Å². The van der Waals surface area contributed by atoms with Crippen LogP contribution in [0.2, 0.25) is 0 Å². The molecule has 1 aromatic heterocycles. The molecule has 4 rings (SSSR count). The number of para-hydroxylation sites is 2. The molecular weight excluding hydrogens is 327 g/mol. The van der Waals surface area contributed by atoms with Gasteiger partial charge in [-0.2, -0.15) is 0 Å². The number of anilines is 1. The van der Waals surface area contributed by atoms with E-state index in [0.717, 1.165) is 44.7 Å². The number of H-pyrrole nitrogens is 1. The first-order chi connectivity index (χ1) is 12.7. The van der Waals surface area contributed by atoms with Crippen LogP contribution in [-0.4, -0.2) is 48.6 Å². The third-order valence-electron chi connectivity index (χ3n) is 5.22. The van der Waals surface area contributed by atoms with E-state index in [9.17, 15) is 4.39 Å². The van der Waals surface area contributed by atoms with E-state index in [2.05, 4.69) is 39.2 Å². The molecule has 3 N–H and O–H groups in total. The molecule has 1 aliphatic heterocycles. The van der Waals surface area contributed by atoms with E-state index in [1.807, 2.05) is 18.2 Å². The van der Waals surface area contributed by atoms with E-state index in [1.54, 1.807) is 6.07 Å². The molecular formula is C21H25FN4. The van der Waals surface area contributed by atoms with Gasteiger partial charge in [0.2, 0.25) is 0 Å². The Morgan fingerprint density at radius 3 is 2.54 bits per heavy atom. The molecule has 0 amide bonds. The number of hydrogen-bond acceptors (Lipinski definition) is 3. The van der Waals surface area contributed by atoms with Crippen molar-refractivity contribution in [3.63, 3.8) is 0 Å². The van der Waals surface area contributed by atoms with Crippen LogP contribution in [0.4, 0.5) is 10.1 Å². The average Bonchev–Trinajstić information content (AvgIpc) is 3.06. The smallest absolute Gasteiger partial charge is 0.146 e. The highest BCUT2D eigenvalue weighted by atomic mass is 19.1. The van der Waals surface area contributed by atoms with Gasteiger partial charge in [-0.25, -0.2) is 4.39 Å². The summed E-state index contributed by atoms with van der Waals surface area (Å²) in [6, 6.07) is 15.4. The van der Waals surface area contributed by atoms with Crippen molar-refractivity contribution in [2.45, 2.75) is 12.5 Å². The number of fused-ring (bicyclic) bond motifs is 1. The van der Waals surface area contributed by atoms with E-state index in [1.165, 1.54) is 17.0 Å². The first kappa shape index (κ1) is 17.1. The highest BCUT2D eigenvalue weighted by Gasteiger charge is 2.21. The quantitative estimate of drug-likeness (QED) is 0.742. The molecule has 0 unspecified atom stereocenters. The Kier molecular flexibility index (Phi) is 4.91. The van der Waals surface area contributed by atoms with Crippen LogP contribution in [0, 0.1) is 5.82 Å².